The van der Waals surface area contributed by atoms with Gasteiger partial charge < -0.3 is 10.3 Å². The number of aryl methyl sites for hydroxylation is 3. The van der Waals surface area contributed by atoms with E-state index in [1.807, 2.05) is 37.1 Å². The van der Waals surface area contributed by atoms with Crippen molar-refractivity contribution in [1.29, 1.82) is 0 Å². The second-order valence-corrected chi connectivity index (χ2v) is 7.26. The van der Waals surface area contributed by atoms with Gasteiger partial charge in [-0.25, -0.2) is 9.97 Å². The fourth-order valence-electron chi connectivity index (χ4n) is 3.00. The van der Waals surface area contributed by atoms with Gasteiger partial charge in [0, 0.05) is 36.1 Å². The molecule has 0 aliphatic heterocycles. The smallest absolute Gasteiger partial charge is 0.183 e. The summed E-state index contributed by atoms with van der Waals surface area (Å²) in [5.74, 6) is 0. The lowest BCUT2D eigenvalue weighted by Gasteiger charge is -2.02. The molecule has 25 heavy (non-hydrogen) atoms. The standard InChI is InChI=1S/C18H20N6S/c1-11-7-14(24(3)23-11)10-21-18-22-12(2)16(25-18)8-13-9-20-17-15(13)5-4-6-19-17/h4-7,9H,8,10H2,1-3H3,(H,19,20)(H,21,22). The van der Waals surface area contributed by atoms with Crippen LogP contribution in [0.4, 0.5) is 5.13 Å². The van der Waals surface area contributed by atoms with Crippen LogP contribution in [0.1, 0.15) is 27.5 Å². The largest absolute Gasteiger partial charge is 0.356 e. The minimum absolute atomic E-state index is 0.723. The summed E-state index contributed by atoms with van der Waals surface area (Å²) < 4.78 is 1.91. The van der Waals surface area contributed by atoms with Gasteiger partial charge in [-0.2, -0.15) is 5.10 Å². The fraction of sp³-hybridized carbons (Fsp3) is 0.278. The highest BCUT2D eigenvalue weighted by atomic mass is 32.1. The average Bonchev–Trinajstić information content (AvgIpc) is 3.25. The number of fused-ring (bicyclic) bond motifs is 1. The molecule has 0 amide bonds. The maximum absolute atomic E-state index is 4.67. The Kier molecular flexibility index (Phi) is 4.01. The fourth-order valence-corrected chi connectivity index (χ4v) is 3.98. The highest BCUT2D eigenvalue weighted by molar-refractivity contribution is 7.15. The van der Waals surface area contributed by atoms with Crippen molar-refractivity contribution in [3.63, 3.8) is 0 Å². The minimum Gasteiger partial charge on any atom is -0.356 e. The lowest BCUT2D eigenvalue weighted by atomic mass is 10.1. The third-order valence-electron chi connectivity index (χ3n) is 4.30. The molecule has 4 heterocycles. The lowest BCUT2D eigenvalue weighted by Crippen LogP contribution is -2.05. The quantitative estimate of drug-likeness (QED) is 0.576. The van der Waals surface area contributed by atoms with E-state index in [0.717, 1.165) is 40.8 Å². The molecule has 7 heteroatoms. The number of nitrogens with zero attached hydrogens (tertiary/aromatic N) is 4. The molecule has 0 unspecified atom stereocenters. The molecule has 0 aliphatic carbocycles. The summed E-state index contributed by atoms with van der Waals surface area (Å²) in [7, 11) is 1.97. The van der Waals surface area contributed by atoms with Crippen LogP contribution in [0.3, 0.4) is 0 Å². The van der Waals surface area contributed by atoms with Crippen molar-refractivity contribution in [2.45, 2.75) is 26.8 Å². The van der Waals surface area contributed by atoms with Crippen LogP contribution < -0.4 is 5.32 Å². The number of aromatic nitrogens is 5. The van der Waals surface area contributed by atoms with Gasteiger partial charge in [-0.05, 0) is 37.6 Å². The molecule has 0 fully saturated rings. The van der Waals surface area contributed by atoms with Crippen LogP contribution in [0.5, 0.6) is 0 Å². The molecule has 0 radical (unpaired) electrons. The zero-order chi connectivity index (χ0) is 17.4. The van der Waals surface area contributed by atoms with Crippen molar-refractivity contribution in [2.75, 3.05) is 5.32 Å². The Labute approximate surface area is 149 Å². The van der Waals surface area contributed by atoms with E-state index in [4.69, 9.17) is 0 Å². The Morgan fingerprint density at radius 3 is 3.00 bits per heavy atom. The van der Waals surface area contributed by atoms with Gasteiger partial charge in [-0.15, -0.1) is 11.3 Å². The second-order valence-electron chi connectivity index (χ2n) is 6.17. The normalized spacial score (nSPS) is 11.3. The molecular weight excluding hydrogens is 332 g/mol. The molecule has 4 aromatic rings. The number of H-pyrrole nitrogens is 1. The zero-order valence-corrected chi connectivity index (χ0v) is 15.3. The van der Waals surface area contributed by atoms with Gasteiger partial charge in [0.1, 0.15) is 5.65 Å². The molecule has 0 spiro atoms. The van der Waals surface area contributed by atoms with Crippen molar-refractivity contribution in [3.8, 4) is 0 Å². The molecule has 128 valence electrons. The van der Waals surface area contributed by atoms with E-state index < -0.39 is 0 Å². The van der Waals surface area contributed by atoms with Crippen LogP contribution in [-0.2, 0) is 20.0 Å². The van der Waals surface area contributed by atoms with Crippen LogP contribution >= 0.6 is 11.3 Å². The van der Waals surface area contributed by atoms with Gasteiger partial charge in [0.05, 0.1) is 23.6 Å². The van der Waals surface area contributed by atoms with Crippen LogP contribution in [-0.4, -0.2) is 24.7 Å². The molecule has 0 aromatic carbocycles. The maximum Gasteiger partial charge on any atom is 0.183 e. The SMILES string of the molecule is Cc1cc(CNc2nc(C)c(Cc3c[nH]c4ncccc34)s2)n(C)n1. The predicted molar refractivity (Wildman–Crippen MR) is 101 cm³/mol. The predicted octanol–water partition coefficient (Wildman–Crippen LogP) is 3.57. The summed E-state index contributed by atoms with van der Waals surface area (Å²) in [6.45, 7) is 4.80. The molecule has 0 bridgehead atoms. The first-order valence-electron chi connectivity index (χ1n) is 8.21. The monoisotopic (exact) mass is 352 g/mol. The van der Waals surface area contributed by atoms with Gasteiger partial charge in [0.25, 0.3) is 0 Å². The number of hydrogen-bond acceptors (Lipinski definition) is 5. The third kappa shape index (κ3) is 3.15. The van der Waals surface area contributed by atoms with E-state index in [1.54, 1.807) is 11.3 Å². The molecule has 0 saturated carbocycles. The van der Waals surface area contributed by atoms with Crippen molar-refractivity contribution in [2.24, 2.45) is 7.05 Å². The summed E-state index contributed by atoms with van der Waals surface area (Å²) >= 11 is 1.71. The summed E-state index contributed by atoms with van der Waals surface area (Å²) in [6, 6.07) is 6.17. The zero-order valence-electron chi connectivity index (χ0n) is 14.5. The van der Waals surface area contributed by atoms with E-state index >= 15 is 0 Å². The number of anilines is 1. The molecule has 4 aromatic heterocycles. The first kappa shape index (κ1) is 15.8. The topological polar surface area (TPSA) is 71.4 Å². The summed E-state index contributed by atoms with van der Waals surface area (Å²) in [5, 5.41) is 9.92. The number of aromatic amines is 1. The van der Waals surface area contributed by atoms with E-state index in [1.165, 1.54) is 15.8 Å². The van der Waals surface area contributed by atoms with Crippen LogP contribution in [0.2, 0.25) is 0 Å². The first-order chi connectivity index (χ1) is 12.1. The Morgan fingerprint density at radius 2 is 2.20 bits per heavy atom. The van der Waals surface area contributed by atoms with Crippen molar-refractivity contribution < 1.29 is 0 Å². The summed E-state index contributed by atoms with van der Waals surface area (Å²) in [5.41, 5.74) is 5.44. The molecule has 2 N–H and O–H groups in total. The molecule has 0 saturated heterocycles. The molecule has 6 nitrogen and oxygen atoms in total. The highest BCUT2D eigenvalue weighted by Gasteiger charge is 2.12. The molecule has 4 rings (SSSR count). The van der Waals surface area contributed by atoms with Crippen LogP contribution in [0, 0.1) is 13.8 Å². The third-order valence-corrected chi connectivity index (χ3v) is 5.42. The van der Waals surface area contributed by atoms with Crippen molar-refractivity contribution in [1.82, 2.24) is 24.7 Å². The number of hydrogen-bond donors (Lipinski definition) is 2. The Balaban J connectivity index is 1.51. The highest BCUT2D eigenvalue weighted by Crippen LogP contribution is 2.28. The Hall–Kier alpha value is -2.67. The summed E-state index contributed by atoms with van der Waals surface area (Å²) in [6.07, 6.45) is 4.72. The average molecular weight is 352 g/mol. The van der Waals surface area contributed by atoms with E-state index in [9.17, 15) is 0 Å². The van der Waals surface area contributed by atoms with E-state index in [2.05, 4.69) is 44.4 Å². The van der Waals surface area contributed by atoms with E-state index in [0.29, 0.717) is 0 Å². The molecular formula is C18H20N6S. The van der Waals surface area contributed by atoms with Crippen molar-refractivity contribution in [3.05, 3.63) is 58.1 Å². The number of rotatable bonds is 5. The van der Waals surface area contributed by atoms with Crippen LogP contribution in [0.15, 0.2) is 30.6 Å². The number of nitrogens with one attached hydrogen (secondary N) is 2. The maximum atomic E-state index is 4.67. The minimum atomic E-state index is 0.723. The number of thiazole rings is 1. The first-order valence-corrected chi connectivity index (χ1v) is 9.02. The Bertz CT molecular complexity index is 1030. The summed E-state index contributed by atoms with van der Waals surface area (Å²) in [4.78, 5) is 13.5. The van der Waals surface area contributed by atoms with Gasteiger partial charge >= 0.3 is 0 Å². The lowest BCUT2D eigenvalue weighted by molar-refractivity contribution is 0.713. The Morgan fingerprint density at radius 1 is 1.32 bits per heavy atom. The number of pyridine rings is 1. The van der Waals surface area contributed by atoms with Gasteiger partial charge in [0.15, 0.2) is 5.13 Å². The van der Waals surface area contributed by atoms with Gasteiger partial charge in [-0.1, -0.05) is 0 Å². The van der Waals surface area contributed by atoms with Crippen molar-refractivity contribution >= 4 is 27.5 Å². The van der Waals surface area contributed by atoms with Crippen LogP contribution in [0.25, 0.3) is 11.0 Å². The van der Waals surface area contributed by atoms with Gasteiger partial charge in [-0.3, -0.25) is 4.68 Å². The van der Waals surface area contributed by atoms with E-state index in [-0.39, 0.29) is 0 Å². The second kappa shape index (κ2) is 6.33. The molecule has 0 atom stereocenters. The van der Waals surface area contributed by atoms with Gasteiger partial charge in [0.2, 0.25) is 0 Å². The molecule has 0 aliphatic rings.